The van der Waals surface area contributed by atoms with E-state index in [1.54, 1.807) is 6.26 Å². The van der Waals surface area contributed by atoms with Crippen LogP contribution in [0.15, 0.2) is 4.99 Å². The lowest BCUT2D eigenvalue weighted by Gasteiger charge is -2.30. The van der Waals surface area contributed by atoms with Gasteiger partial charge in [-0.2, -0.15) is 23.5 Å². The summed E-state index contributed by atoms with van der Waals surface area (Å²) in [6, 6.07) is -10.1. The Bertz CT molecular complexity index is 1650. The third-order valence-electron chi connectivity index (χ3n) is 9.69. The molecule has 0 aromatic heterocycles. The molecular formula is C37H64N12O12S2. The summed E-state index contributed by atoms with van der Waals surface area (Å²) in [5.74, 6) is -8.23. The highest BCUT2D eigenvalue weighted by atomic mass is 32.2. The number of nitrogens with two attached hydrogens (primary N) is 4. The average Bonchev–Trinajstić information content (AvgIpc) is 3.72. The summed E-state index contributed by atoms with van der Waals surface area (Å²) in [5, 5.41) is 33.7. The van der Waals surface area contributed by atoms with Crippen LogP contribution in [0.25, 0.3) is 0 Å². The van der Waals surface area contributed by atoms with Crippen molar-refractivity contribution < 1.29 is 58.2 Å². The molecule has 8 atom stereocenters. The van der Waals surface area contributed by atoms with Gasteiger partial charge in [-0.25, -0.2) is 4.79 Å². The van der Waals surface area contributed by atoms with Crippen LogP contribution >= 0.6 is 23.5 Å². The number of likely N-dealkylation sites (tertiary alicyclic amines) is 1. The highest BCUT2D eigenvalue weighted by molar-refractivity contribution is 7.98. The second-order valence-corrected chi connectivity index (χ2v) is 16.8. The first-order chi connectivity index (χ1) is 29.6. The van der Waals surface area contributed by atoms with Gasteiger partial charge in [0.15, 0.2) is 5.96 Å². The van der Waals surface area contributed by atoms with Crippen LogP contribution in [-0.2, 0) is 47.9 Å². The standard InChI is InChI=1S/C37H64N12O12S2/c1-19(44-32(56)22(7-5-15-42-37(40)41)46-31(55)21(38)13-17-62-3)29(53)43-20(2)30(54)45-23(10-12-28(51)52)33(57)47-24(9-11-27(39)50)35(59)49-16-6-8-26(49)34(58)48-25(36(60)61)14-18-63-4/h19-26H,5-18,38H2,1-4H3,(H2,39,50)(H,43,53)(H,44,56)(H,45,54)(H,46,55)(H,47,57)(H,48,58)(H,51,52)(H,60,61)(H4,40,41,42)/t19-,20-,21-,22-,23-,24-,25-,26-/m0/s1. The molecule has 0 aromatic rings. The molecule has 356 valence electrons. The summed E-state index contributed by atoms with van der Waals surface area (Å²) in [5.41, 5.74) is 22.0. The Kier molecular flexibility index (Phi) is 25.7. The molecule has 0 radical (unpaired) electrons. The van der Waals surface area contributed by atoms with Crippen molar-refractivity contribution in [2.45, 2.75) is 126 Å². The maximum Gasteiger partial charge on any atom is 0.326 e. The van der Waals surface area contributed by atoms with Crippen molar-refractivity contribution >= 4 is 88.7 Å². The lowest BCUT2D eigenvalue weighted by molar-refractivity contribution is -0.145. The zero-order chi connectivity index (χ0) is 47.8. The van der Waals surface area contributed by atoms with Crippen molar-refractivity contribution in [1.82, 2.24) is 36.8 Å². The Balaban J connectivity index is 3.14. The fourth-order valence-electron chi connectivity index (χ4n) is 6.12. The molecule has 24 nitrogen and oxygen atoms in total. The summed E-state index contributed by atoms with van der Waals surface area (Å²) < 4.78 is 0. The second-order valence-electron chi connectivity index (χ2n) is 14.8. The number of hydrogen-bond donors (Lipinski definition) is 12. The third-order valence-corrected chi connectivity index (χ3v) is 11.0. The van der Waals surface area contributed by atoms with Gasteiger partial charge in [-0.3, -0.25) is 48.1 Å². The quantitative estimate of drug-likeness (QED) is 0.0186. The number of aliphatic imine (C=N–C) groups is 1. The molecule has 0 spiro atoms. The van der Waals surface area contributed by atoms with Crippen molar-refractivity contribution in [3.8, 4) is 0 Å². The van der Waals surface area contributed by atoms with Crippen LogP contribution < -0.4 is 54.8 Å². The SMILES string of the molecule is CSCC[C@H](NC(=O)[C@@H]1CCCN1C(=O)[C@H](CCC(N)=O)NC(=O)[C@H](CCC(=O)O)NC(=O)[C@H](C)NC(=O)[C@H](C)NC(=O)[C@H](CCCN=C(N)N)NC(=O)[C@@H](N)CCSC)C(=O)O. The highest BCUT2D eigenvalue weighted by Crippen LogP contribution is 2.21. The maximum atomic E-state index is 13.9. The number of primary amides is 1. The second kappa shape index (κ2) is 29.1. The molecule has 1 heterocycles. The van der Waals surface area contributed by atoms with Crippen molar-refractivity contribution in [1.29, 1.82) is 0 Å². The van der Waals surface area contributed by atoms with Gasteiger partial charge in [-0.15, -0.1) is 0 Å². The summed E-state index contributed by atoms with van der Waals surface area (Å²) >= 11 is 2.87. The molecule has 1 aliphatic rings. The van der Waals surface area contributed by atoms with Crippen LogP contribution in [0.4, 0.5) is 0 Å². The number of guanidine groups is 1. The van der Waals surface area contributed by atoms with Crippen molar-refractivity contribution in [3.05, 3.63) is 0 Å². The fourth-order valence-corrected chi connectivity index (χ4v) is 7.09. The number of thioether (sulfide) groups is 2. The van der Waals surface area contributed by atoms with E-state index in [1.165, 1.54) is 37.4 Å². The van der Waals surface area contributed by atoms with Gasteiger partial charge in [0.1, 0.15) is 42.3 Å². The highest BCUT2D eigenvalue weighted by Gasteiger charge is 2.40. The van der Waals surface area contributed by atoms with E-state index in [4.69, 9.17) is 22.9 Å². The number of carboxylic acid groups (broad SMARTS) is 2. The topological polar surface area (TPSA) is 403 Å². The van der Waals surface area contributed by atoms with Gasteiger partial charge in [-0.05, 0) is 89.2 Å². The van der Waals surface area contributed by atoms with Gasteiger partial charge in [0.05, 0.1) is 6.04 Å². The molecule has 1 fully saturated rings. The van der Waals surface area contributed by atoms with Gasteiger partial charge < -0.3 is 69.9 Å². The van der Waals surface area contributed by atoms with Crippen LogP contribution in [0.5, 0.6) is 0 Å². The number of carbonyl (C=O) groups excluding carboxylic acids is 8. The number of hydrogen-bond acceptors (Lipinski definition) is 14. The molecule has 1 saturated heterocycles. The van der Waals surface area contributed by atoms with E-state index < -0.39 is 127 Å². The van der Waals surface area contributed by atoms with E-state index in [2.05, 4.69) is 36.9 Å². The zero-order valence-electron chi connectivity index (χ0n) is 36.0. The first-order valence-corrected chi connectivity index (χ1v) is 23.1. The number of nitrogens with zero attached hydrogens (tertiary/aromatic N) is 2. The average molecular weight is 933 g/mol. The van der Waals surface area contributed by atoms with Crippen LogP contribution in [0.2, 0.25) is 0 Å². The molecular weight excluding hydrogens is 869 g/mol. The van der Waals surface area contributed by atoms with Gasteiger partial charge in [0.2, 0.25) is 47.3 Å². The Morgan fingerprint density at radius 1 is 0.667 bits per heavy atom. The van der Waals surface area contributed by atoms with Gasteiger partial charge in [0.25, 0.3) is 0 Å². The van der Waals surface area contributed by atoms with E-state index in [1.807, 2.05) is 6.26 Å². The molecule has 63 heavy (non-hydrogen) atoms. The number of carbonyl (C=O) groups is 10. The number of rotatable bonds is 30. The van der Waals surface area contributed by atoms with Crippen molar-refractivity contribution in [2.24, 2.45) is 27.9 Å². The lowest BCUT2D eigenvalue weighted by Crippen LogP contribution is -2.59. The Labute approximate surface area is 374 Å². The molecule has 0 aliphatic carbocycles. The first kappa shape index (κ1) is 55.6. The Morgan fingerprint density at radius 2 is 1.19 bits per heavy atom. The van der Waals surface area contributed by atoms with E-state index in [0.717, 1.165) is 4.90 Å². The normalized spacial score (nSPS) is 16.7. The zero-order valence-corrected chi connectivity index (χ0v) is 37.6. The van der Waals surface area contributed by atoms with Gasteiger partial charge >= 0.3 is 11.9 Å². The largest absolute Gasteiger partial charge is 0.481 e. The van der Waals surface area contributed by atoms with E-state index in [9.17, 15) is 58.2 Å². The predicted octanol–water partition coefficient (Wildman–Crippen LogP) is -3.97. The Morgan fingerprint density at radius 3 is 1.76 bits per heavy atom. The number of aliphatic carboxylic acids is 2. The van der Waals surface area contributed by atoms with Crippen LogP contribution in [-0.4, -0.2) is 166 Å². The summed E-state index contributed by atoms with van der Waals surface area (Å²) in [6.07, 6.45) is 3.15. The van der Waals surface area contributed by atoms with Crippen molar-refractivity contribution in [3.63, 3.8) is 0 Å². The molecule has 26 heteroatoms. The van der Waals surface area contributed by atoms with E-state index in [-0.39, 0.29) is 51.2 Å². The molecule has 16 N–H and O–H groups in total. The summed E-state index contributed by atoms with van der Waals surface area (Å²) in [7, 11) is 0. The maximum absolute atomic E-state index is 13.9. The number of carboxylic acids is 2. The fraction of sp³-hybridized carbons (Fsp3) is 0.703. The molecule has 0 aromatic carbocycles. The monoisotopic (exact) mass is 932 g/mol. The Hall–Kier alpha value is -5.37. The van der Waals surface area contributed by atoms with Crippen LogP contribution in [0.3, 0.4) is 0 Å². The van der Waals surface area contributed by atoms with Crippen LogP contribution in [0, 0.1) is 0 Å². The molecule has 0 saturated carbocycles. The molecule has 0 bridgehead atoms. The molecule has 0 unspecified atom stereocenters. The van der Waals surface area contributed by atoms with Crippen LogP contribution in [0.1, 0.15) is 78.1 Å². The van der Waals surface area contributed by atoms with E-state index in [0.29, 0.717) is 24.3 Å². The number of nitrogens with one attached hydrogen (secondary N) is 6. The first-order valence-electron chi connectivity index (χ1n) is 20.3. The molecule has 8 amide bonds. The predicted molar refractivity (Wildman–Crippen MR) is 234 cm³/mol. The molecule has 1 aliphatic heterocycles. The smallest absolute Gasteiger partial charge is 0.326 e. The summed E-state index contributed by atoms with van der Waals surface area (Å²) in [4.78, 5) is 133. The minimum Gasteiger partial charge on any atom is -0.481 e. The minimum atomic E-state index is -1.59. The minimum absolute atomic E-state index is 0.0545. The van der Waals surface area contributed by atoms with Gasteiger partial charge in [0, 0.05) is 25.9 Å². The molecule has 1 rings (SSSR count). The number of amides is 8. The van der Waals surface area contributed by atoms with Crippen molar-refractivity contribution in [2.75, 3.05) is 37.1 Å². The third kappa shape index (κ3) is 21.0. The summed E-state index contributed by atoms with van der Waals surface area (Å²) in [6.45, 7) is 2.77. The lowest BCUT2D eigenvalue weighted by atomic mass is 10.1. The van der Waals surface area contributed by atoms with E-state index >= 15 is 0 Å². The van der Waals surface area contributed by atoms with Gasteiger partial charge in [-0.1, -0.05) is 0 Å².